The molecule has 0 saturated carbocycles. The molecule has 4 rings (SSSR count). The number of nitrogens with one attached hydrogen (secondary N) is 1. The fourth-order valence-electron chi connectivity index (χ4n) is 4.81. The standard InChI is InChI=1S/C23H31N5O2/c1-17-6-5-7-20(26-17)19-15-28(16-23(19)10-4-3-8-22(29)27-23)14-18-12-24-21(25-13-18)9-11-30-2/h5-7,12-13,19H,3-4,8-11,14-16H2,1-2H3,(H,27,29)/t19-,23+/m0/s1. The zero-order valence-electron chi connectivity index (χ0n) is 17.9. The highest BCUT2D eigenvalue weighted by Gasteiger charge is 2.49. The summed E-state index contributed by atoms with van der Waals surface area (Å²) in [5, 5.41) is 3.40. The van der Waals surface area contributed by atoms with Crippen LogP contribution in [0.15, 0.2) is 30.6 Å². The molecule has 2 aromatic heterocycles. The second kappa shape index (κ2) is 9.18. The Morgan fingerprint density at radius 3 is 2.87 bits per heavy atom. The zero-order chi connectivity index (χ0) is 21.0. The van der Waals surface area contributed by atoms with Crippen LogP contribution in [0.25, 0.3) is 0 Å². The number of nitrogens with zero attached hydrogens (tertiary/aromatic N) is 4. The summed E-state index contributed by atoms with van der Waals surface area (Å²) in [6, 6.07) is 6.20. The summed E-state index contributed by atoms with van der Waals surface area (Å²) in [7, 11) is 1.68. The summed E-state index contributed by atoms with van der Waals surface area (Å²) in [5.41, 5.74) is 2.92. The predicted octanol–water partition coefficient (Wildman–Crippen LogP) is 2.40. The van der Waals surface area contributed by atoms with Gasteiger partial charge in [-0.15, -0.1) is 0 Å². The zero-order valence-corrected chi connectivity index (χ0v) is 17.9. The van der Waals surface area contributed by atoms with Gasteiger partial charge in [0.15, 0.2) is 0 Å². The lowest BCUT2D eigenvalue weighted by Crippen LogP contribution is -2.52. The molecule has 2 aliphatic heterocycles. The molecule has 2 atom stereocenters. The molecule has 1 spiro atoms. The largest absolute Gasteiger partial charge is 0.384 e. The number of aryl methyl sites for hydroxylation is 1. The minimum atomic E-state index is -0.256. The lowest BCUT2D eigenvalue weighted by molar-refractivity contribution is -0.122. The molecule has 0 radical (unpaired) electrons. The summed E-state index contributed by atoms with van der Waals surface area (Å²) in [6.45, 7) is 5.10. The number of hydrogen-bond acceptors (Lipinski definition) is 6. The monoisotopic (exact) mass is 409 g/mol. The van der Waals surface area contributed by atoms with E-state index in [1.807, 2.05) is 25.4 Å². The van der Waals surface area contributed by atoms with Crippen molar-refractivity contribution in [1.82, 2.24) is 25.2 Å². The van der Waals surface area contributed by atoms with Crippen LogP contribution in [0.1, 0.15) is 54.4 Å². The molecule has 2 fully saturated rings. The molecule has 7 nitrogen and oxygen atoms in total. The molecular formula is C23H31N5O2. The van der Waals surface area contributed by atoms with Gasteiger partial charge in [-0.2, -0.15) is 0 Å². The Labute approximate surface area is 178 Å². The van der Waals surface area contributed by atoms with Crippen molar-refractivity contribution in [3.8, 4) is 0 Å². The van der Waals surface area contributed by atoms with Gasteiger partial charge in [-0.25, -0.2) is 9.97 Å². The number of carbonyl (C=O) groups is 1. The number of carbonyl (C=O) groups excluding carboxylic acids is 1. The van der Waals surface area contributed by atoms with E-state index in [1.54, 1.807) is 7.11 Å². The van der Waals surface area contributed by atoms with E-state index < -0.39 is 0 Å². The third-order valence-corrected chi connectivity index (χ3v) is 6.24. The number of hydrogen-bond donors (Lipinski definition) is 1. The van der Waals surface area contributed by atoms with Crippen LogP contribution in [-0.4, -0.2) is 58.1 Å². The minimum Gasteiger partial charge on any atom is -0.384 e. The van der Waals surface area contributed by atoms with Crippen LogP contribution in [-0.2, 0) is 22.5 Å². The van der Waals surface area contributed by atoms with Gasteiger partial charge in [-0.1, -0.05) is 12.5 Å². The molecule has 2 aliphatic rings. The first-order valence-electron chi connectivity index (χ1n) is 10.8. The van der Waals surface area contributed by atoms with Crippen molar-refractivity contribution in [3.05, 3.63) is 53.4 Å². The normalized spacial score (nSPS) is 24.7. The Kier molecular flexibility index (Phi) is 6.39. The summed E-state index contributed by atoms with van der Waals surface area (Å²) < 4.78 is 5.10. The average Bonchev–Trinajstić information content (AvgIpc) is 2.96. The van der Waals surface area contributed by atoms with Crippen LogP contribution in [0.3, 0.4) is 0 Å². The Hall–Kier alpha value is -2.38. The van der Waals surface area contributed by atoms with Crippen LogP contribution < -0.4 is 5.32 Å². The van der Waals surface area contributed by atoms with Crippen molar-refractivity contribution >= 4 is 5.91 Å². The molecule has 7 heteroatoms. The molecule has 2 aromatic rings. The Bertz CT molecular complexity index is 872. The first-order valence-corrected chi connectivity index (χ1v) is 10.8. The fraction of sp³-hybridized carbons (Fsp3) is 0.565. The Morgan fingerprint density at radius 2 is 2.10 bits per heavy atom. The SMILES string of the molecule is COCCc1ncc(CN2C[C@@H](c3cccc(C)n3)[C@@]3(CCCCC(=O)N3)C2)cn1. The number of amides is 1. The van der Waals surface area contributed by atoms with Crippen molar-refractivity contribution < 1.29 is 9.53 Å². The van der Waals surface area contributed by atoms with Gasteiger partial charge in [0.2, 0.25) is 5.91 Å². The van der Waals surface area contributed by atoms with Crippen molar-refractivity contribution in [2.75, 3.05) is 26.8 Å². The van der Waals surface area contributed by atoms with Gasteiger partial charge in [0, 0.05) is 74.8 Å². The van der Waals surface area contributed by atoms with Crippen LogP contribution in [0.2, 0.25) is 0 Å². The summed E-state index contributed by atoms with van der Waals surface area (Å²) in [5.74, 6) is 1.15. The maximum absolute atomic E-state index is 12.5. The topological polar surface area (TPSA) is 80.2 Å². The average molecular weight is 410 g/mol. The number of rotatable bonds is 6. The molecule has 30 heavy (non-hydrogen) atoms. The fourth-order valence-corrected chi connectivity index (χ4v) is 4.81. The van der Waals surface area contributed by atoms with Crippen molar-refractivity contribution in [2.24, 2.45) is 0 Å². The lowest BCUT2D eigenvalue weighted by Gasteiger charge is -2.34. The van der Waals surface area contributed by atoms with Crippen LogP contribution >= 0.6 is 0 Å². The van der Waals surface area contributed by atoms with Crippen LogP contribution in [0, 0.1) is 6.92 Å². The highest BCUT2D eigenvalue weighted by molar-refractivity contribution is 5.77. The van der Waals surface area contributed by atoms with Gasteiger partial charge in [0.1, 0.15) is 5.82 Å². The molecule has 160 valence electrons. The van der Waals surface area contributed by atoms with E-state index >= 15 is 0 Å². The van der Waals surface area contributed by atoms with Crippen molar-refractivity contribution in [3.63, 3.8) is 0 Å². The van der Waals surface area contributed by atoms with Gasteiger partial charge in [-0.05, 0) is 31.9 Å². The number of aromatic nitrogens is 3. The Balaban J connectivity index is 1.55. The number of likely N-dealkylation sites (tertiary alicyclic amines) is 1. The minimum absolute atomic E-state index is 0.165. The van der Waals surface area contributed by atoms with E-state index in [2.05, 4.69) is 32.3 Å². The molecule has 1 amide bonds. The summed E-state index contributed by atoms with van der Waals surface area (Å²) >= 11 is 0. The second-order valence-electron chi connectivity index (χ2n) is 8.59. The van der Waals surface area contributed by atoms with E-state index in [-0.39, 0.29) is 17.4 Å². The summed E-state index contributed by atoms with van der Waals surface area (Å²) in [6.07, 6.45) is 8.17. The number of ether oxygens (including phenoxy) is 1. The van der Waals surface area contributed by atoms with E-state index in [4.69, 9.17) is 9.72 Å². The van der Waals surface area contributed by atoms with Gasteiger partial charge in [0.25, 0.3) is 0 Å². The van der Waals surface area contributed by atoms with Crippen molar-refractivity contribution in [1.29, 1.82) is 0 Å². The highest BCUT2D eigenvalue weighted by Crippen LogP contribution is 2.40. The predicted molar refractivity (Wildman–Crippen MR) is 114 cm³/mol. The molecule has 0 aromatic carbocycles. The lowest BCUT2D eigenvalue weighted by atomic mass is 9.81. The van der Waals surface area contributed by atoms with Gasteiger partial charge in [0.05, 0.1) is 12.1 Å². The molecule has 0 aliphatic carbocycles. The van der Waals surface area contributed by atoms with Crippen molar-refractivity contribution in [2.45, 2.75) is 57.0 Å². The van der Waals surface area contributed by atoms with Crippen LogP contribution in [0.5, 0.6) is 0 Å². The maximum Gasteiger partial charge on any atom is 0.220 e. The third-order valence-electron chi connectivity index (χ3n) is 6.24. The third kappa shape index (κ3) is 4.68. The molecule has 4 heterocycles. The number of pyridine rings is 1. The quantitative estimate of drug-likeness (QED) is 0.789. The van der Waals surface area contributed by atoms with E-state index in [9.17, 15) is 4.79 Å². The molecular weight excluding hydrogens is 378 g/mol. The van der Waals surface area contributed by atoms with E-state index in [0.29, 0.717) is 13.0 Å². The molecule has 0 unspecified atom stereocenters. The second-order valence-corrected chi connectivity index (χ2v) is 8.59. The van der Waals surface area contributed by atoms with Gasteiger partial charge >= 0.3 is 0 Å². The van der Waals surface area contributed by atoms with Gasteiger partial charge < -0.3 is 10.1 Å². The maximum atomic E-state index is 12.5. The van der Waals surface area contributed by atoms with Crippen LogP contribution in [0.4, 0.5) is 0 Å². The molecule has 2 saturated heterocycles. The molecule has 0 bridgehead atoms. The van der Waals surface area contributed by atoms with E-state index in [1.165, 1.54) is 0 Å². The first kappa shape index (κ1) is 20.9. The Morgan fingerprint density at radius 1 is 1.27 bits per heavy atom. The first-order chi connectivity index (χ1) is 14.6. The molecule has 1 N–H and O–H groups in total. The highest BCUT2D eigenvalue weighted by atomic mass is 16.5. The number of methoxy groups -OCH3 is 1. The van der Waals surface area contributed by atoms with Gasteiger partial charge in [-0.3, -0.25) is 14.7 Å². The smallest absolute Gasteiger partial charge is 0.220 e. The van der Waals surface area contributed by atoms with E-state index in [0.717, 1.165) is 68.1 Å². The summed E-state index contributed by atoms with van der Waals surface area (Å²) in [4.78, 5) is 28.7.